The van der Waals surface area contributed by atoms with Crippen molar-refractivity contribution in [1.29, 1.82) is 0 Å². The Balaban J connectivity index is 1.56. The number of imidazole rings is 1. The van der Waals surface area contributed by atoms with Gasteiger partial charge in [-0.1, -0.05) is 48.2 Å². The number of para-hydroxylation sites is 3. The lowest BCUT2D eigenvalue weighted by Crippen LogP contribution is -2.15. The van der Waals surface area contributed by atoms with Crippen LogP contribution in [0.5, 0.6) is 0 Å². The van der Waals surface area contributed by atoms with Crippen molar-refractivity contribution in [2.75, 3.05) is 0 Å². The molecule has 0 amide bonds. The SMILES string of the molecule is Cc1cccn2c(=O)cc(CSc3nc4ccccc4n3-c3ccccc3)nc12. The minimum Gasteiger partial charge on any atom is -0.287 e. The molecule has 5 aromatic rings. The van der Waals surface area contributed by atoms with Gasteiger partial charge in [0.15, 0.2) is 5.16 Å². The second-order valence-electron chi connectivity index (χ2n) is 6.81. The van der Waals surface area contributed by atoms with E-state index in [0.717, 1.165) is 33.1 Å². The summed E-state index contributed by atoms with van der Waals surface area (Å²) in [5.41, 5.74) is 5.43. The topological polar surface area (TPSA) is 52.2 Å². The molecule has 2 aromatic carbocycles. The predicted molar refractivity (Wildman–Crippen MR) is 117 cm³/mol. The molecule has 0 N–H and O–H groups in total. The number of nitrogens with zero attached hydrogens (tertiary/aromatic N) is 4. The van der Waals surface area contributed by atoms with E-state index >= 15 is 0 Å². The fourth-order valence-electron chi connectivity index (χ4n) is 3.45. The first-order chi connectivity index (χ1) is 14.2. The van der Waals surface area contributed by atoms with Gasteiger partial charge in [0.05, 0.1) is 16.7 Å². The summed E-state index contributed by atoms with van der Waals surface area (Å²) in [6.07, 6.45) is 1.75. The zero-order valence-electron chi connectivity index (χ0n) is 15.8. The lowest BCUT2D eigenvalue weighted by atomic mass is 10.3. The van der Waals surface area contributed by atoms with Crippen LogP contribution < -0.4 is 5.56 Å². The molecule has 0 radical (unpaired) electrons. The van der Waals surface area contributed by atoms with Gasteiger partial charge in [-0.15, -0.1) is 0 Å². The van der Waals surface area contributed by atoms with E-state index in [9.17, 15) is 4.79 Å². The quantitative estimate of drug-likeness (QED) is 0.414. The van der Waals surface area contributed by atoms with Gasteiger partial charge in [-0.3, -0.25) is 13.8 Å². The normalized spacial score (nSPS) is 11.3. The number of hydrogen-bond acceptors (Lipinski definition) is 4. The summed E-state index contributed by atoms with van der Waals surface area (Å²) in [5.74, 6) is 0.566. The van der Waals surface area contributed by atoms with Gasteiger partial charge in [0.1, 0.15) is 5.65 Å². The number of hydrogen-bond donors (Lipinski definition) is 0. The Bertz CT molecular complexity index is 1390. The van der Waals surface area contributed by atoms with E-state index in [-0.39, 0.29) is 5.56 Å². The summed E-state index contributed by atoms with van der Waals surface area (Å²) in [5, 5.41) is 0.879. The zero-order chi connectivity index (χ0) is 19.8. The van der Waals surface area contributed by atoms with E-state index in [2.05, 4.69) is 22.8 Å². The number of fused-ring (bicyclic) bond motifs is 2. The van der Waals surface area contributed by atoms with Crippen LogP contribution in [-0.2, 0) is 5.75 Å². The highest BCUT2D eigenvalue weighted by Gasteiger charge is 2.14. The van der Waals surface area contributed by atoms with Crippen LogP contribution in [0, 0.1) is 6.92 Å². The van der Waals surface area contributed by atoms with Crippen LogP contribution in [0.4, 0.5) is 0 Å². The summed E-state index contributed by atoms with van der Waals surface area (Å²) >= 11 is 1.59. The van der Waals surface area contributed by atoms with Crippen LogP contribution in [0.3, 0.4) is 0 Å². The molecule has 0 aliphatic heterocycles. The Morgan fingerprint density at radius 3 is 2.59 bits per heavy atom. The molecule has 142 valence electrons. The maximum atomic E-state index is 12.5. The molecule has 0 atom stereocenters. The Hall–Kier alpha value is -3.38. The molecule has 0 bridgehead atoms. The van der Waals surface area contributed by atoms with E-state index in [1.807, 2.05) is 55.5 Å². The maximum Gasteiger partial charge on any atom is 0.258 e. The maximum absolute atomic E-state index is 12.5. The Morgan fingerprint density at radius 2 is 1.72 bits per heavy atom. The lowest BCUT2D eigenvalue weighted by Gasteiger charge is -2.09. The van der Waals surface area contributed by atoms with Gasteiger partial charge in [0, 0.05) is 23.7 Å². The van der Waals surface area contributed by atoms with Crippen molar-refractivity contribution in [3.05, 3.63) is 101 Å². The van der Waals surface area contributed by atoms with E-state index in [4.69, 9.17) is 9.97 Å². The fourth-order valence-corrected chi connectivity index (χ4v) is 4.37. The first-order valence-corrected chi connectivity index (χ1v) is 10.3. The van der Waals surface area contributed by atoms with E-state index in [1.54, 1.807) is 28.4 Å². The van der Waals surface area contributed by atoms with Gasteiger partial charge < -0.3 is 0 Å². The monoisotopic (exact) mass is 398 g/mol. The van der Waals surface area contributed by atoms with Gasteiger partial charge in [0.2, 0.25) is 0 Å². The first-order valence-electron chi connectivity index (χ1n) is 9.34. The van der Waals surface area contributed by atoms with Crippen LogP contribution in [0.25, 0.3) is 22.4 Å². The number of rotatable bonds is 4. The minimum absolute atomic E-state index is 0.0640. The van der Waals surface area contributed by atoms with Gasteiger partial charge in [0.25, 0.3) is 5.56 Å². The molecule has 0 unspecified atom stereocenters. The molecular weight excluding hydrogens is 380 g/mol. The van der Waals surface area contributed by atoms with E-state index < -0.39 is 0 Å². The van der Waals surface area contributed by atoms with Crippen LogP contribution in [-0.4, -0.2) is 18.9 Å². The van der Waals surface area contributed by atoms with Crippen molar-refractivity contribution in [2.24, 2.45) is 0 Å². The molecule has 6 heteroatoms. The number of aromatic nitrogens is 4. The molecular formula is C23H18N4OS. The number of aryl methyl sites for hydroxylation is 1. The van der Waals surface area contributed by atoms with Gasteiger partial charge in [-0.05, 0) is 42.8 Å². The zero-order valence-corrected chi connectivity index (χ0v) is 16.6. The predicted octanol–water partition coefficient (Wildman–Crippen LogP) is 4.63. The number of benzene rings is 2. The fraction of sp³-hybridized carbons (Fsp3) is 0.0870. The minimum atomic E-state index is -0.0640. The highest BCUT2D eigenvalue weighted by Crippen LogP contribution is 2.29. The Morgan fingerprint density at radius 1 is 0.931 bits per heavy atom. The lowest BCUT2D eigenvalue weighted by molar-refractivity contribution is 0.917. The second-order valence-corrected chi connectivity index (χ2v) is 7.76. The van der Waals surface area contributed by atoms with Crippen molar-refractivity contribution >= 4 is 28.4 Å². The summed E-state index contributed by atoms with van der Waals surface area (Å²) in [7, 11) is 0. The van der Waals surface area contributed by atoms with Gasteiger partial charge >= 0.3 is 0 Å². The molecule has 3 aromatic heterocycles. The van der Waals surface area contributed by atoms with Crippen molar-refractivity contribution in [2.45, 2.75) is 17.8 Å². The van der Waals surface area contributed by atoms with Gasteiger partial charge in [-0.2, -0.15) is 0 Å². The summed E-state index contributed by atoms with van der Waals surface area (Å²) in [6.45, 7) is 1.97. The molecule has 0 fully saturated rings. The molecule has 0 saturated carbocycles. The van der Waals surface area contributed by atoms with Crippen molar-refractivity contribution < 1.29 is 0 Å². The van der Waals surface area contributed by atoms with E-state index in [0.29, 0.717) is 11.4 Å². The standard InChI is InChI=1S/C23H18N4OS/c1-16-8-7-13-26-21(28)14-17(24-22(16)26)15-29-23-25-19-11-5-6-12-20(19)27(23)18-9-3-2-4-10-18/h2-14H,15H2,1H3. The highest BCUT2D eigenvalue weighted by atomic mass is 32.2. The molecule has 29 heavy (non-hydrogen) atoms. The molecule has 0 aliphatic rings. The van der Waals surface area contributed by atoms with Crippen molar-refractivity contribution in [1.82, 2.24) is 18.9 Å². The molecule has 0 spiro atoms. The van der Waals surface area contributed by atoms with Crippen molar-refractivity contribution in [3.8, 4) is 5.69 Å². The first kappa shape index (κ1) is 17.7. The van der Waals surface area contributed by atoms with Crippen LogP contribution >= 0.6 is 11.8 Å². The summed E-state index contributed by atoms with van der Waals surface area (Å²) in [4.78, 5) is 22.0. The van der Waals surface area contributed by atoms with Crippen LogP contribution in [0.15, 0.2) is 88.9 Å². The third-order valence-corrected chi connectivity index (χ3v) is 5.81. The highest BCUT2D eigenvalue weighted by molar-refractivity contribution is 7.98. The average Bonchev–Trinajstić information content (AvgIpc) is 3.12. The second kappa shape index (κ2) is 7.22. The third kappa shape index (κ3) is 3.21. The molecule has 5 nitrogen and oxygen atoms in total. The van der Waals surface area contributed by atoms with Crippen LogP contribution in [0.2, 0.25) is 0 Å². The molecule has 0 aliphatic carbocycles. The number of pyridine rings is 1. The van der Waals surface area contributed by atoms with E-state index in [1.165, 1.54) is 0 Å². The van der Waals surface area contributed by atoms with Crippen molar-refractivity contribution in [3.63, 3.8) is 0 Å². The Labute approximate surface area is 171 Å². The molecule has 5 rings (SSSR count). The number of thioether (sulfide) groups is 1. The molecule has 3 heterocycles. The third-order valence-electron chi connectivity index (χ3n) is 4.83. The molecule has 0 saturated heterocycles. The largest absolute Gasteiger partial charge is 0.287 e. The smallest absolute Gasteiger partial charge is 0.258 e. The summed E-state index contributed by atoms with van der Waals surface area (Å²) < 4.78 is 3.74. The average molecular weight is 398 g/mol. The van der Waals surface area contributed by atoms with Gasteiger partial charge in [-0.25, -0.2) is 9.97 Å². The van der Waals surface area contributed by atoms with Crippen LogP contribution in [0.1, 0.15) is 11.3 Å². The summed E-state index contributed by atoms with van der Waals surface area (Å²) in [6, 6.07) is 23.7. The Kier molecular flexibility index (Phi) is 4.41.